The van der Waals surface area contributed by atoms with Crippen molar-refractivity contribution in [1.82, 2.24) is 9.55 Å². The van der Waals surface area contributed by atoms with Crippen LogP contribution in [-0.4, -0.2) is 22.1 Å². The van der Waals surface area contributed by atoms with Gasteiger partial charge in [0.2, 0.25) is 0 Å². The first-order chi connectivity index (χ1) is 13.6. The topological polar surface area (TPSA) is 56.1 Å². The number of nitrogens with zero attached hydrogens (tertiary/aromatic N) is 2. The Morgan fingerprint density at radius 3 is 2.57 bits per heavy atom. The average molecular weight is 371 g/mol. The minimum Gasteiger partial charge on any atom is -0.484 e. The molecule has 140 valence electrons. The van der Waals surface area contributed by atoms with E-state index in [0.29, 0.717) is 5.75 Å². The van der Waals surface area contributed by atoms with Crippen molar-refractivity contribution in [3.63, 3.8) is 0 Å². The highest BCUT2D eigenvalue weighted by molar-refractivity contribution is 5.92. The molecule has 0 aliphatic rings. The Morgan fingerprint density at radius 1 is 1.04 bits per heavy atom. The number of ether oxygens (including phenoxy) is 1. The molecule has 0 spiro atoms. The first-order valence-electron chi connectivity index (χ1n) is 9.11. The largest absolute Gasteiger partial charge is 0.484 e. The Bertz CT molecular complexity index is 1130. The highest BCUT2D eigenvalue weighted by Crippen LogP contribution is 2.24. The van der Waals surface area contributed by atoms with E-state index in [2.05, 4.69) is 16.0 Å². The van der Waals surface area contributed by atoms with E-state index in [4.69, 9.17) is 9.72 Å². The summed E-state index contributed by atoms with van der Waals surface area (Å²) >= 11 is 0. The first-order valence-corrected chi connectivity index (χ1v) is 9.11. The summed E-state index contributed by atoms with van der Waals surface area (Å²) < 4.78 is 7.61. The van der Waals surface area contributed by atoms with Crippen LogP contribution in [0.25, 0.3) is 22.4 Å². The summed E-state index contributed by atoms with van der Waals surface area (Å²) in [5.74, 6) is 1.38. The van der Waals surface area contributed by atoms with Gasteiger partial charge in [0.1, 0.15) is 11.6 Å². The van der Waals surface area contributed by atoms with Gasteiger partial charge in [-0.05, 0) is 61.0 Å². The van der Waals surface area contributed by atoms with Gasteiger partial charge in [0.05, 0.1) is 11.0 Å². The molecule has 0 unspecified atom stereocenters. The molecule has 0 fully saturated rings. The molecule has 0 aliphatic heterocycles. The predicted octanol–water partition coefficient (Wildman–Crippen LogP) is 4.57. The predicted molar refractivity (Wildman–Crippen MR) is 111 cm³/mol. The van der Waals surface area contributed by atoms with Crippen molar-refractivity contribution < 1.29 is 9.53 Å². The van der Waals surface area contributed by atoms with Gasteiger partial charge in [-0.25, -0.2) is 4.98 Å². The number of benzene rings is 3. The second kappa shape index (κ2) is 7.56. The standard InChI is InChI=1S/C23H21N3O2/c1-16-6-5-7-19(14-16)28-15-22(27)24-18-12-10-17(11-13-18)23-25-20-8-3-4-9-21(20)26(23)2/h3-14H,15H2,1-2H3,(H,24,27). The van der Waals surface area contributed by atoms with Crippen LogP contribution in [0.15, 0.2) is 72.8 Å². The fourth-order valence-electron chi connectivity index (χ4n) is 3.16. The van der Waals surface area contributed by atoms with Gasteiger partial charge in [0.25, 0.3) is 5.91 Å². The number of imidazole rings is 1. The Labute approximate surface area is 163 Å². The first kappa shape index (κ1) is 17.8. The lowest BCUT2D eigenvalue weighted by Gasteiger charge is -2.09. The van der Waals surface area contributed by atoms with E-state index in [1.54, 1.807) is 0 Å². The Balaban J connectivity index is 1.42. The van der Waals surface area contributed by atoms with Crippen molar-refractivity contribution in [3.05, 3.63) is 78.4 Å². The number of carbonyl (C=O) groups excluding carboxylic acids is 1. The van der Waals surface area contributed by atoms with Gasteiger partial charge in [-0.2, -0.15) is 0 Å². The highest BCUT2D eigenvalue weighted by atomic mass is 16.5. The van der Waals surface area contributed by atoms with Crippen molar-refractivity contribution in [2.45, 2.75) is 6.92 Å². The summed E-state index contributed by atoms with van der Waals surface area (Å²) in [6, 6.07) is 23.3. The average Bonchev–Trinajstić information content (AvgIpc) is 3.04. The third-order valence-electron chi connectivity index (χ3n) is 4.57. The quantitative estimate of drug-likeness (QED) is 0.559. The molecule has 4 aromatic rings. The SMILES string of the molecule is Cc1cccc(OCC(=O)Nc2ccc(-c3nc4ccccc4n3C)cc2)c1. The molecule has 0 saturated carbocycles. The molecule has 1 heterocycles. The summed E-state index contributed by atoms with van der Waals surface area (Å²) in [5.41, 5.74) is 4.86. The van der Waals surface area contributed by atoms with Crippen LogP contribution >= 0.6 is 0 Å². The summed E-state index contributed by atoms with van der Waals surface area (Å²) in [6.45, 7) is 1.95. The molecule has 5 nitrogen and oxygen atoms in total. The van der Waals surface area contributed by atoms with Crippen LogP contribution in [-0.2, 0) is 11.8 Å². The number of aryl methyl sites for hydroxylation is 2. The number of amides is 1. The summed E-state index contributed by atoms with van der Waals surface area (Å²) in [7, 11) is 2.00. The minimum atomic E-state index is -0.197. The van der Waals surface area contributed by atoms with E-state index in [1.165, 1.54) is 0 Å². The normalized spacial score (nSPS) is 10.8. The van der Waals surface area contributed by atoms with Crippen LogP contribution in [0.4, 0.5) is 5.69 Å². The third kappa shape index (κ3) is 3.74. The lowest BCUT2D eigenvalue weighted by atomic mass is 10.2. The van der Waals surface area contributed by atoms with E-state index in [9.17, 15) is 4.79 Å². The van der Waals surface area contributed by atoms with Gasteiger partial charge in [-0.15, -0.1) is 0 Å². The maximum Gasteiger partial charge on any atom is 0.262 e. The van der Waals surface area contributed by atoms with Crippen LogP contribution in [0.2, 0.25) is 0 Å². The van der Waals surface area contributed by atoms with Crippen molar-refractivity contribution in [1.29, 1.82) is 0 Å². The number of hydrogen-bond acceptors (Lipinski definition) is 3. The number of carbonyl (C=O) groups is 1. The maximum absolute atomic E-state index is 12.1. The number of nitrogens with one attached hydrogen (secondary N) is 1. The molecule has 3 aromatic carbocycles. The molecule has 0 bridgehead atoms. The number of anilines is 1. The minimum absolute atomic E-state index is 0.0318. The molecule has 4 rings (SSSR count). The fourth-order valence-corrected chi connectivity index (χ4v) is 3.16. The van der Waals surface area contributed by atoms with Crippen LogP contribution in [0.5, 0.6) is 5.75 Å². The van der Waals surface area contributed by atoms with Gasteiger partial charge in [0.15, 0.2) is 6.61 Å². The molecule has 1 N–H and O–H groups in total. The van der Waals surface area contributed by atoms with E-state index in [1.807, 2.05) is 80.7 Å². The van der Waals surface area contributed by atoms with Crippen LogP contribution < -0.4 is 10.1 Å². The van der Waals surface area contributed by atoms with E-state index >= 15 is 0 Å². The molecule has 5 heteroatoms. The molecule has 0 aliphatic carbocycles. The van der Waals surface area contributed by atoms with Crippen LogP contribution in [0.1, 0.15) is 5.56 Å². The van der Waals surface area contributed by atoms with Gasteiger partial charge >= 0.3 is 0 Å². The zero-order valence-electron chi connectivity index (χ0n) is 15.8. The highest BCUT2D eigenvalue weighted by Gasteiger charge is 2.10. The number of fused-ring (bicyclic) bond motifs is 1. The maximum atomic E-state index is 12.1. The summed E-state index contributed by atoms with van der Waals surface area (Å²) in [4.78, 5) is 16.8. The van der Waals surface area contributed by atoms with E-state index < -0.39 is 0 Å². The molecule has 1 amide bonds. The fraction of sp³-hybridized carbons (Fsp3) is 0.130. The number of hydrogen-bond donors (Lipinski definition) is 1. The van der Waals surface area contributed by atoms with E-state index in [-0.39, 0.29) is 12.5 Å². The van der Waals surface area contributed by atoms with Gasteiger partial charge in [0, 0.05) is 18.3 Å². The second-order valence-electron chi connectivity index (χ2n) is 6.71. The lowest BCUT2D eigenvalue weighted by Crippen LogP contribution is -2.20. The van der Waals surface area contributed by atoms with Crippen molar-refractivity contribution in [3.8, 4) is 17.1 Å². The smallest absolute Gasteiger partial charge is 0.262 e. The van der Waals surface area contributed by atoms with Crippen molar-refractivity contribution >= 4 is 22.6 Å². The monoisotopic (exact) mass is 371 g/mol. The van der Waals surface area contributed by atoms with Crippen molar-refractivity contribution in [2.75, 3.05) is 11.9 Å². The number of para-hydroxylation sites is 2. The van der Waals surface area contributed by atoms with Gasteiger partial charge in [-0.1, -0.05) is 24.3 Å². The summed E-state index contributed by atoms with van der Waals surface area (Å²) in [6.07, 6.45) is 0. The zero-order chi connectivity index (χ0) is 19.5. The molecular weight excluding hydrogens is 350 g/mol. The molecule has 0 radical (unpaired) electrons. The molecular formula is C23H21N3O2. The van der Waals surface area contributed by atoms with Gasteiger partial charge < -0.3 is 14.6 Å². The lowest BCUT2D eigenvalue weighted by molar-refractivity contribution is -0.118. The number of aromatic nitrogens is 2. The van der Waals surface area contributed by atoms with E-state index in [0.717, 1.165) is 33.7 Å². The van der Waals surface area contributed by atoms with Crippen LogP contribution in [0, 0.1) is 6.92 Å². The van der Waals surface area contributed by atoms with Gasteiger partial charge in [-0.3, -0.25) is 4.79 Å². The Morgan fingerprint density at radius 2 is 1.82 bits per heavy atom. The molecule has 0 saturated heterocycles. The number of rotatable bonds is 5. The summed E-state index contributed by atoms with van der Waals surface area (Å²) in [5, 5.41) is 2.86. The zero-order valence-corrected chi connectivity index (χ0v) is 15.8. The van der Waals surface area contributed by atoms with Crippen molar-refractivity contribution in [2.24, 2.45) is 7.05 Å². The third-order valence-corrected chi connectivity index (χ3v) is 4.57. The van der Waals surface area contributed by atoms with Crippen LogP contribution in [0.3, 0.4) is 0 Å². The molecule has 28 heavy (non-hydrogen) atoms. The molecule has 1 aromatic heterocycles. The Hall–Kier alpha value is -3.60. The Kier molecular flexibility index (Phi) is 4.81. The molecule has 0 atom stereocenters. The second-order valence-corrected chi connectivity index (χ2v) is 6.71.